The molecule has 2 aliphatic rings. The van der Waals surface area contributed by atoms with Crippen LogP contribution in [-0.2, 0) is 0 Å². The van der Waals surface area contributed by atoms with Crippen LogP contribution in [0.1, 0.15) is 34.7 Å². The molecule has 0 radical (unpaired) electrons. The Kier molecular flexibility index (Phi) is 5.14. The van der Waals surface area contributed by atoms with Gasteiger partial charge in [-0.2, -0.15) is 0 Å². The number of Topliss-reactive ketones (excluding diaryl/α,β-unsaturated/α-hetero) is 1. The number of hydrogen-bond acceptors (Lipinski definition) is 4. The third-order valence-corrected chi connectivity index (χ3v) is 5.48. The molecule has 1 saturated heterocycles. The fourth-order valence-corrected chi connectivity index (χ4v) is 4.01. The van der Waals surface area contributed by atoms with Gasteiger partial charge in [0.05, 0.1) is 0 Å². The van der Waals surface area contributed by atoms with Gasteiger partial charge in [0.2, 0.25) is 0 Å². The lowest BCUT2D eigenvalue weighted by molar-refractivity contribution is 0.0967. The molecule has 2 aromatic carbocycles. The first-order valence-corrected chi connectivity index (χ1v) is 9.48. The van der Waals surface area contributed by atoms with Gasteiger partial charge >= 0.3 is 0 Å². The molecule has 4 rings (SSSR count). The van der Waals surface area contributed by atoms with Crippen molar-refractivity contribution >= 4 is 17.4 Å². The van der Waals surface area contributed by atoms with Crippen LogP contribution in [0.3, 0.4) is 0 Å². The molecule has 2 heterocycles. The van der Waals surface area contributed by atoms with Gasteiger partial charge in [-0.3, -0.25) is 4.79 Å². The third kappa shape index (κ3) is 3.71. The van der Waals surface area contributed by atoms with Crippen molar-refractivity contribution in [3.05, 3.63) is 58.6 Å². The number of fused-ring (bicyclic) bond motifs is 1. The number of ketones is 1. The molecule has 0 N–H and O–H groups in total. The predicted octanol–water partition coefficient (Wildman–Crippen LogP) is 4.17. The lowest BCUT2D eigenvalue weighted by atomic mass is 9.98. The van der Waals surface area contributed by atoms with Crippen molar-refractivity contribution < 1.29 is 14.3 Å². The summed E-state index contributed by atoms with van der Waals surface area (Å²) in [6, 6.07) is 13.5. The van der Waals surface area contributed by atoms with E-state index in [4.69, 9.17) is 21.1 Å². The van der Waals surface area contributed by atoms with Crippen LogP contribution in [-0.4, -0.2) is 43.5 Å². The quantitative estimate of drug-likeness (QED) is 0.739. The minimum Gasteiger partial charge on any atom is -0.486 e. The molecule has 0 aromatic heterocycles. The molecule has 0 spiro atoms. The largest absolute Gasteiger partial charge is 0.486 e. The first-order valence-electron chi connectivity index (χ1n) is 9.10. The molecular formula is C21H22ClNO3. The van der Waals surface area contributed by atoms with Crippen molar-refractivity contribution in [1.29, 1.82) is 0 Å². The van der Waals surface area contributed by atoms with Crippen molar-refractivity contribution in [2.75, 3.05) is 32.8 Å². The first-order chi connectivity index (χ1) is 12.7. The number of hydrogen-bond donors (Lipinski definition) is 0. The van der Waals surface area contributed by atoms with Crippen LogP contribution in [0.15, 0.2) is 42.5 Å². The summed E-state index contributed by atoms with van der Waals surface area (Å²) in [5, 5.41) is 0.840. The maximum Gasteiger partial charge on any atom is 0.164 e. The molecule has 1 atom stereocenters. The van der Waals surface area contributed by atoms with E-state index in [9.17, 15) is 4.79 Å². The summed E-state index contributed by atoms with van der Waals surface area (Å²) >= 11 is 6.32. The van der Waals surface area contributed by atoms with Gasteiger partial charge in [0.15, 0.2) is 17.3 Å². The van der Waals surface area contributed by atoms with E-state index in [0.29, 0.717) is 36.9 Å². The zero-order valence-electron chi connectivity index (χ0n) is 14.6. The number of halogens is 1. The Bertz CT molecular complexity index is 808. The molecule has 0 aliphatic carbocycles. The highest BCUT2D eigenvalue weighted by Crippen LogP contribution is 2.33. The third-order valence-electron chi connectivity index (χ3n) is 5.14. The Hall–Kier alpha value is -2.04. The summed E-state index contributed by atoms with van der Waals surface area (Å²) < 4.78 is 11.1. The Balaban J connectivity index is 1.33. The Morgan fingerprint density at radius 1 is 1.12 bits per heavy atom. The van der Waals surface area contributed by atoms with Gasteiger partial charge < -0.3 is 14.4 Å². The standard InChI is InChI=1S/C21H22ClNO3/c22-18-4-2-1-3-17(18)16-7-9-23(14-16)10-8-19(24)15-5-6-20-21(13-15)26-12-11-25-20/h1-6,13,16H,7-12,14H2. The van der Waals surface area contributed by atoms with Crippen LogP contribution in [0.4, 0.5) is 0 Å². The molecule has 136 valence electrons. The van der Waals surface area contributed by atoms with Gasteiger partial charge in [0.1, 0.15) is 13.2 Å². The Morgan fingerprint density at radius 2 is 1.92 bits per heavy atom. The number of likely N-dealkylation sites (tertiary alicyclic amines) is 1. The van der Waals surface area contributed by atoms with E-state index in [2.05, 4.69) is 11.0 Å². The second-order valence-corrected chi connectivity index (χ2v) is 7.25. The van der Waals surface area contributed by atoms with Crippen molar-refractivity contribution in [2.45, 2.75) is 18.8 Å². The average Bonchev–Trinajstić information content (AvgIpc) is 3.15. The van der Waals surface area contributed by atoms with Crippen LogP contribution in [0.5, 0.6) is 11.5 Å². The molecule has 26 heavy (non-hydrogen) atoms. The number of ether oxygens (including phenoxy) is 2. The lowest BCUT2D eigenvalue weighted by Crippen LogP contribution is -2.24. The van der Waals surface area contributed by atoms with Gasteiger partial charge in [-0.15, -0.1) is 0 Å². The Labute approximate surface area is 158 Å². The molecular weight excluding hydrogens is 350 g/mol. The summed E-state index contributed by atoms with van der Waals surface area (Å²) in [5.41, 5.74) is 1.91. The van der Waals surface area contributed by atoms with Crippen LogP contribution in [0.2, 0.25) is 5.02 Å². The van der Waals surface area contributed by atoms with Gasteiger partial charge in [-0.1, -0.05) is 29.8 Å². The van der Waals surface area contributed by atoms with Crippen LogP contribution in [0, 0.1) is 0 Å². The zero-order valence-corrected chi connectivity index (χ0v) is 15.4. The van der Waals surface area contributed by atoms with E-state index in [1.807, 2.05) is 30.3 Å². The smallest absolute Gasteiger partial charge is 0.164 e. The second kappa shape index (κ2) is 7.68. The minimum atomic E-state index is 0.142. The number of carbonyl (C=O) groups is 1. The maximum atomic E-state index is 12.5. The van der Waals surface area contributed by atoms with E-state index in [-0.39, 0.29) is 5.78 Å². The predicted molar refractivity (Wildman–Crippen MR) is 102 cm³/mol. The SMILES string of the molecule is O=C(CCN1CCC(c2ccccc2Cl)C1)c1ccc2c(c1)OCCO2. The van der Waals surface area contributed by atoms with Crippen molar-refractivity contribution in [2.24, 2.45) is 0 Å². The fourth-order valence-electron chi connectivity index (χ4n) is 3.72. The summed E-state index contributed by atoms with van der Waals surface area (Å²) in [7, 11) is 0. The molecule has 0 bridgehead atoms. The second-order valence-electron chi connectivity index (χ2n) is 6.84. The van der Waals surface area contributed by atoms with E-state index in [0.717, 1.165) is 36.8 Å². The van der Waals surface area contributed by atoms with Gasteiger partial charge in [-0.05, 0) is 48.7 Å². The normalized spacial score (nSPS) is 19.5. The van der Waals surface area contributed by atoms with Crippen molar-refractivity contribution in [1.82, 2.24) is 4.90 Å². The van der Waals surface area contributed by atoms with E-state index < -0.39 is 0 Å². The highest BCUT2D eigenvalue weighted by Gasteiger charge is 2.25. The van der Waals surface area contributed by atoms with Crippen molar-refractivity contribution in [3.8, 4) is 11.5 Å². The molecule has 0 amide bonds. The Morgan fingerprint density at radius 3 is 2.77 bits per heavy atom. The molecule has 1 fully saturated rings. The molecule has 4 nitrogen and oxygen atoms in total. The van der Waals surface area contributed by atoms with Gasteiger partial charge in [0.25, 0.3) is 0 Å². The van der Waals surface area contributed by atoms with Crippen LogP contribution in [0.25, 0.3) is 0 Å². The zero-order chi connectivity index (χ0) is 17.9. The molecule has 2 aliphatic heterocycles. The minimum absolute atomic E-state index is 0.142. The van der Waals surface area contributed by atoms with E-state index in [1.54, 1.807) is 6.07 Å². The van der Waals surface area contributed by atoms with E-state index in [1.165, 1.54) is 5.56 Å². The lowest BCUT2D eigenvalue weighted by Gasteiger charge is -2.19. The van der Waals surface area contributed by atoms with Crippen LogP contribution < -0.4 is 9.47 Å². The first kappa shape index (κ1) is 17.4. The fraction of sp³-hybridized carbons (Fsp3) is 0.381. The number of rotatable bonds is 5. The number of benzene rings is 2. The summed E-state index contributed by atoms with van der Waals surface area (Å²) in [6.45, 7) is 3.82. The average molecular weight is 372 g/mol. The monoisotopic (exact) mass is 371 g/mol. The molecule has 0 saturated carbocycles. The van der Waals surface area contributed by atoms with Gasteiger partial charge in [0, 0.05) is 30.1 Å². The summed E-state index contributed by atoms with van der Waals surface area (Å²) in [5.74, 6) is 1.98. The topological polar surface area (TPSA) is 38.8 Å². The van der Waals surface area contributed by atoms with Crippen LogP contribution >= 0.6 is 11.6 Å². The van der Waals surface area contributed by atoms with E-state index >= 15 is 0 Å². The molecule has 5 heteroatoms. The molecule has 1 unspecified atom stereocenters. The highest BCUT2D eigenvalue weighted by atomic mass is 35.5. The number of carbonyl (C=O) groups excluding carboxylic acids is 1. The van der Waals surface area contributed by atoms with Gasteiger partial charge in [-0.25, -0.2) is 0 Å². The summed E-state index contributed by atoms with van der Waals surface area (Å²) in [6.07, 6.45) is 1.59. The number of nitrogens with zero attached hydrogens (tertiary/aromatic N) is 1. The maximum absolute atomic E-state index is 12.5. The molecule has 2 aromatic rings. The summed E-state index contributed by atoms with van der Waals surface area (Å²) in [4.78, 5) is 14.9. The van der Waals surface area contributed by atoms with Crippen molar-refractivity contribution in [3.63, 3.8) is 0 Å². The highest BCUT2D eigenvalue weighted by molar-refractivity contribution is 6.31.